The number of nitrogens with one attached hydrogen (secondary N) is 2. The molecular formula is C30H37N3O5. The third-order valence-corrected chi connectivity index (χ3v) is 5.86. The van der Waals surface area contributed by atoms with Crippen molar-refractivity contribution in [2.45, 2.75) is 59.2 Å². The van der Waals surface area contributed by atoms with E-state index in [9.17, 15) is 19.5 Å². The quantitative estimate of drug-likeness (QED) is 0.394. The Kier molecular flexibility index (Phi) is 9.12. The van der Waals surface area contributed by atoms with Crippen molar-refractivity contribution in [3.05, 3.63) is 77.4 Å². The van der Waals surface area contributed by atoms with Crippen molar-refractivity contribution in [3.8, 4) is 0 Å². The second-order valence-corrected chi connectivity index (χ2v) is 10.5. The van der Waals surface area contributed by atoms with Crippen LogP contribution in [-0.2, 0) is 14.3 Å². The highest BCUT2D eigenvalue weighted by atomic mass is 16.6. The summed E-state index contributed by atoms with van der Waals surface area (Å²) in [5, 5.41) is 17.4. The minimum atomic E-state index is -1.05. The van der Waals surface area contributed by atoms with Crippen LogP contribution in [0.4, 0.5) is 10.5 Å². The lowest BCUT2D eigenvalue weighted by molar-refractivity contribution is -0.141. The third kappa shape index (κ3) is 7.55. The van der Waals surface area contributed by atoms with E-state index in [0.717, 1.165) is 21.9 Å². The molecule has 8 heteroatoms. The van der Waals surface area contributed by atoms with E-state index in [1.165, 1.54) is 11.8 Å². The van der Waals surface area contributed by atoms with Crippen LogP contribution in [0.3, 0.4) is 0 Å². The van der Waals surface area contributed by atoms with Crippen LogP contribution < -0.4 is 10.6 Å². The highest BCUT2D eigenvalue weighted by molar-refractivity contribution is 6.00. The lowest BCUT2D eigenvalue weighted by Crippen LogP contribution is -2.52. The summed E-state index contributed by atoms with van der Waals surface area (Å²) in [5.41, 5.74) is 2.31. The van der Waals surface area contributed by atoms with Crippen molar-refractivity contribution >= 4 is 34.4 Å². The zero-order chi connectivity index (χ0) is 28.0. The predicted molar refractivity (Wildman–Crippen MR) is 149 cm³/mol. The Morgan fingerprint density at radius 2 is 1.58 bits per heavy atom. The van der Waals surface area contributed by atoms with E-state index < -0.39 is 35.6 Å². The molecule has 0 fully saturated rings. The molecule has 3 aromatic rings. The van der Waals surface area contributed by atoms with Crippen LogP contribution in [-0.4, -0.2) is 52.7 Å². The Labute approximate surface area is 224 Å². The molecule has 3 amide bonds. The first-order valence-electron chi connectivity index (χ1n) is 12.7. The van der Waals surface area contributed by atoms with Crippen molar-refractivity contribution in [2.75, 3.05) is 18.5 Å². The molecule has 38 heavy (non-hydrogen) atoms. The van der Waals surface area contributed by atoms with Gasteiger partial charge in [0.05, 0.1) is 6.61 Å². The van der Waals surface area contributed by atoms with Gasteiger partial charge in [-0.3, -0.25) is 9.59 Å². The molecular weight excluding hydrogens is 482 g/mol. The summed E-state index contributed by atoms with van der Waals surface area (Å²) in [4.78, 5) is 41.1. The number of nitrogens with zero attached hydrogens (tertiary/aromatic N) is 1. The topological polar surface area (TPSA) is 108 Å². The molecule has 8 nitrogen and oxygen atoms in total. The number of hydrogen-bond donors (Lipinski definition) is 3. The Hall–Kier alpha value is -3.91. The van der Waals surface area contributed by atoms with Gasteiger partial charge in [-0.25, -0.2) is 4.79 Å². The van der Waals surface area contributed by atoms with Crippen molar-refractivity contribution in [2.24, 2.45) is 0 Å². The summed E-state index contributed by atoms with van der Waals surface area (Å²) in [6, 6.07) is 17.0. The summed E-state index contributed by atoms with van der Waals surface area (Å²) >= 11 is 0. The maximum atomic E-state index is 13.8. The molecule has 0 saturated carbocycles. The van der Waals surface area contributed by atoms with Gasteiger partial charge in [-0.1, -0.05) is 59.7 Å². The van der Waals surface area contributed by atoms with E-state index in [4.69, 9.17) is 4.74 Å². The fourth-order valence-electron chi connectivity index (χ4n) is 4.39. The maximum absolute atomic E-state index is 13.8. The summed E-state index contributed by atoms with van der Waals surface area (Å²) in [6.07, 6.45) is -0.745. The number of anilines is 1. The molecule has 3 aromatic carbocycles. The summed E-state index contributed by atoms with van der Waals surface area (Å²) in [7, 11) is 0. The molecule has 0 aliphatic rings. The smallest absolute Gasteiger partial charge is 0.408 e. The number of carbonyl (C=O) groups excluding carboxylic acids is 3. The third-order valence-electron chi connectivity index (χ3n) is 5.86. The van der Waals surface area contributed by atoms with E-state index in [2.05, 4.69) is 10.6 Å². The van der Waals surface area contributed by atoms with E-state index in [0.29, 0.717) is 11.3 Å². The molecule has 202 valence electrons. The number of rotatable bonds is 8. The number of hydrogen-bond acceptors (Lipinski definition) is 5. The van der Waals surface area contributed by atoms with Gasteiger partial charge < -0.3 is 25.4 Å². The number of alkyl carbamates (subject to hydrolysis) is 1. The molecule has 0 saturated heterocycles. The molecule has 0 aliphatic heterocycles. The van der Waals surface area contributed by atoms with Gasteiger partial charge in [0.25, 0.3) is 5.91 Å². The van der Waals surface area contributed by atoms with Crippen molar-refractivity contribution < 1.29 is 24.2 Å². The highest BCUT2D eigenvalue weighted by Gasteiger charge is 2.34. The van der Waals surface area contributed by atoms with E-state index >= 15 is 0 Å². The number of ether oxygens (including phenoxy) is 1. The number of carbonyl (C=O) groups is 3. The Bertz CT molecular complexity index is 1290. The average Bonchev–Trinajstić information content (AvgIpc) is 2.81. The fraction of sp³-hybridized carbons (Fsp3) is 0.367. The number of fused-ring (bicyclic) bond motifs is 1. The van der Waals surface area contributed by atoms with Crippen molar-refractivity contribution in [3.63, 3.8) is 0 Å². The molecule has 2 unspecified atom stereocenters. The lowest BCUT2D eigenvalue weighted by atomic mass is 9.98. The van der Waals surface area contributed by atoms with Gasteiger partial charge >= 0.3 is 6.09 Å². The first-order valence-corrected chi connectivity index (χ1v) is 12.7. The summed E-state index contributed by atoms with van der Waals surface area (Å²) in [6.45, 7) is 10.1. The van der Waals surface area contributed by atoms with Gasteiger partial charge in [0, 0.05) is 12.2 Å². The molecule has 2 atom stereocenters. The fourth-order valence-corrected chi connectivity index (χ4v) is 4.39. The monoisotopic (exact) mass is 519 g/mol. The first-order chi connectivity index (χ1) is 17.9. The van der Waals surface area contributed by atoms with Gasteiger partial charge in [-0.05, 0) is 70.0 Å². The molecule has 0 radical (unpaired) electrons. The lowest BCUT2D eigenvalue weighted by Gasteiger charge is -2.33. The van der Waals surface area contributed by atoms with Gasteiger partial charge in [0.2, 0.25) is 5.91 Å². The summed E-state index contributed by atoms with van der Waals surface area (Å²) in [5.74, 6) is -0.959. The highest BCUT2D eigenvalue weighted by Crippen LogP contribution is 2.27. The number of aryl methyl sites for hydroxylation is 2. The average molecular weight is 520 g/mol. The van der Waals surface area contributed by atoms with Crippen molar-refractivity contribution in [1.82, 2.24) is 10.2 Å². The normalized spacial score (nSPS) is 12.9. The zero-order valence-electron chi connectivity index (χ0n) is 22.9. The minimum absolute atomic E-state index is 0.109. The predicted octanol–water partition coefficient (Wildman–Crippen LogP) is 4.87. The zero-order valence-corrected chi connectivity index (χ0v) is 22.9. The second-order valence-electron chi connectivity index (χ2n) is 10.5. The molecule has 0 aromatic heterocycles. The van der Waals surface area contributed by atoms with Crippen LogP contribution >= 0.6 is 0 Å². The van der Waals surface area contributed by atoms with Crippen LogP contribution in [0.15, 0.2) is 60.7 Å². The van der Waals surface area contributed by atoms with Crippen LogP contribution in [0.5, 0.6) is 0 Å². The molecule has 3 N–H and O–H groups in total. The van der Waals surface area contributed by atoms with Gasteiger partial charge in [-0.15, -0.1) is 0 Å². The number of benzene rings is 3. The van der Waals surface area contributed by atoms with Crippen LogP contribution in [0, 0.1) is 13.8 Å². The largest absolute Gasteiger partial charge is 0.444 e. The van der Waals surface area contributed by atoms with Gasteiger partial charge in [0.15, 0.2) is 0 Å². The van der Waals surface area contributed by atoms with Gasteiger partial charge in [0.1, 0.15) is 17.7 Å². The Morgan fingerprint density at radius 3 is 2.18 bits per heavy atom. The molecule has 0 aliphatic carbocycles. The van der Waals surface area contributed by atoms with Crippen LogP contribution in [0.1, 0.15) is 50.4 Å². The Balaban J connectivity index is 1.96. The molecule has 3 rings (SSSR count). The van der Waals surface area contributed by atoms with E-state index in [-0.39, 0.29) is 13.2 Å². The SMILES string of the molecule is Cc1cc(C)cc(C(C(=O)Nc2ccc3ccccc3c2)N(CCO)C(=O)C(C)NC(=O)OC(C)(C)C)c1. The minimum Gasteiger partial charge on any atom is -0.444 e. The standard InChI is InChI=1S/C30H37N3O5/c1-19-15-20(2)17-24(16-19)26(27(35)32-25-12-11-22-9-7-8-10-23(22)18-25)33(13-14-34)28(36)21(3)31-29(37)38-30(4,5)6/h7-12,15-18,21,26,34H,13-14H2,1-6H3,(H,31,37)(H,32,35). The number of aliphatic hydroxyl groups is 1. The van der Waals surface area contributed by atoms with Crippen molar-refractivity contribution in [1.29, 1.82) is 0 Å². The maximum Gasteiger partial charge on any atom is 0.408 e. The number of amides is 3. The second kappa shape index (κ2) is 12.1. The van der Waals surface area contributed by atoms with Crippen LogP contribution in [0.2, 0.25) is 0 Å². The molecule has 0 spiro atoms. The Morgan fingerprint density at radius 1 is 0.947 bits per heavy atom. The van der Waals surface area contributed by atoms with Crippen LogP contribution in [0.25, 0.3) is 10.8 Å². The first kappa shape index (κ1) is 28.7. The van der Waals surface area contributed by atoms with E-state index in [1.54, 1.807) is 20.8 Å². The molecule has 0 bridgehead atoms. The van der Waals surface area contributed by atoms with Gasteiger partial charge in [-0.2, -0.15) is 0 Å². The molecule has 0 heterocycles. The summed E-state index contributed by atoms with van der Waals surface area (Å²) < 4.78 is 5.29. The van der Waals surface area contributed by atoms with E-state index in [1.807, 2.05) is 74.5 Å². The number of aliphatic hydroxyl groups excluding tert-OH is 1.